The van der Waals surface area contributed by atoms with E-state index >= 15 is 0 Å². The molecule has 24 nitrogen and oxygen atoms in total. The molecule has 3 aliphatic rings. The highest BCUT2D eigenvalue weighted by Gasteiger charge is 2.60. The Hall–Kier alpha value is -3.70. The Morgan fingerprint density at radius 2 is 1.47 bits per heavy atom. The molecule has 0 bridgehead atoms. The zero-order valence-electron chi connectivity index (χ0n) is 35.4. The number of carboxylic acids is 1. The number of aliphatic carboxylic acids is 1. The number of esters is 1. The van der Waals surface area contributed by atoms with Crippen LogP contribution in [-0.4, -0.2) is 211 Å². The number of carbonyl (C=O) groups is 4. The average molecular weight is 923 g/mol. The van der Waals surface area contributed by atoms with Crippen molar-refractivity contribution >= 4 is 23.8 Å². The number of aromatic hydroxyl groups is 1. The van der Waals surface area contributed by atoms with E-state index in [0.717, 1.165) is 26.2 Å². The van der Waals surface area contributed by atoms with E-state index in [9.17, 15) is 75.3 Å². The van der Waals surface area contributed by atoms with Crippen LogP contribution in [0.3, 0.4) is 0 Å². The summed E-state index contributed by atoms with van der Waals surface area (Å²) in [6.07, 6.45) is -21.3. The number of unbranched alkanes of at least 4 members (excludes halogenated alkanes) is 5. The number of hydrogen-bond acceptors (Lipinski definition) is 21. The molecular weight excluding hydrogens is 860 g/mol. The molecular formula is C40H62N2O22. The lowest BCUT2D eigenvalue weighted by Crippen LogP contribution is -2.71. The van der Waals surface area contributed by atoms with Gasteiger partial charge in [0.2, 0.25) is 5.91 Å². The van der Waals surface area contributed by atoms with Crippen LogP contribution in [0.5, 0.6) is 5.75 Å². The number of phenolic OH excluding ortho intramolecular Hbond substituents is 1. The van der Waals surface area contributed by atoms with Crippen LogP contribution in [0.4, 0.5) is 0 Å². The van der Waals surface area contributed by atoms with Gasteiger partial charge in [-0.05, 0) is 25.0 Å². The fourth-order valence-corrected chi connectivity index (χ4v) is 7.73. The van der Waals surface area contributed by atoms with Crippen molar-refractivity contribution in [1.82, 2.24) is 10.6 Å². The van der Waals surface area contributed by atoms with Crippen molar-refractivity contribution in [3.05, 3.63) is 29.8 Å². The molecule has 24 heteroatoms. The molecule has 2 amide bonds. The second kappa shape index (κ2) is 24.7. The number of ether oxygens (including phenoxy) is 7. The summed E-state index contributed by atoms with van der Waals surface area (Å²) >= 11 is 0. The number of aliphatic hydroxyl groups is 9. The fraction of sp³-hybridized carbons (Fsp3) is 0.750. The molecule has 0 spiro atoms. The number of amides is 2. The van der Waals surface area contributed by atoms with E-state index in [4.69, 9.17) is 28.4 Å². The summed E-state index contributed by atoms with van der Waals surface area (Å²) in [4.78, 5) is 49.7. The Balaban J connectivity index is 1.57. The Morgan fingerprint density at radius 3 is 2.08 bits per heavy atom. The first-order valence-corrected chi connectivity index (χ1v) is 20.9. The molecule has 1 aromatic rings. The third-order valence-electron chi connectivity index (χ3n) is 11.2. The lowest BCUT2D eigenvalue weighted by Gasteiger charge is -2.51. The highest BCUT2D eigenvalue weighted by atomic mass is 16.8. The molecule has 64 heavy (non-hydrogen) atoms. The van der Waals surface area contributed by atoms with E-state index in [1.165, 1.54) is 31.4 Å². The smallest absolute Gasteiger partial charge is 0.364 e. The van der Waals surface area contributed by atoms with Crippen LogP contribution in [0, 0.1) is 0 Å². The zero-order chi connectivity index (χ0) is 47.3. The van der Waals surface area contributed by atoms with Gasteiger partial charge in [0.05, 0.1) is 44.6 Å². The lowest BCUT2D eigenvalue weighted by molar-refractivity contribution is -0.382. The minimum Gasteiger partial charge on any atom is -0.507 e. The Labute approximate surface area is 367 Å². The maximum Gasteiger partial charge on any atom is 0.364 e. The van der Waals surface area contributed by atoms with Gasteiger partial charge in [-0.1, -0.05) is 37.8 Å². The number of rotatable bonds is 23. The molecule has 3 aliphatic heterocycles. The van der Waals surface area contributed by atoms with Crippen molar-refractivity contribution in [2.45, 2.75) is 156 Å². The van der Waals surface area contributed by atoms with E-state index in [0.29, 0.717) is 25.7 Å². The summed E-state index contributed by atoms with van der Waals surface area (Å²) in [7, 11) is 1.32. The second-order valence-electron chi connectivity index (χ2n) is 15.8. The van der Waals surface area contributed by atoms with Crippen molar-refractivity contribution in [3.8, 4) is 5.75 Å². The molecule has 0 saturated carbocycles. The Bertz CT molecular complexity index is 1660. The van der Waals surface area contributed by atoms with Crippen LogP contribution in [0.2, 0.25) is 0 Å². The van der Waals surface area contributed by atoms with Gasteiger partial charge in [0, 0.05) is 26.4 Å². The monoisotopic (exact) mass is 922 g/mol. The normalized spacial score (nSPS) is 34.0. The predicted octanol–water partition coefficient (Wildman–Crippen LogP) is -4.15. The molecule has 1 aromatic carbocycles. The Kier molecular flexibility index (Phi) is 20.4. The first kappa shape index (κ1) is 52.9. The number of carboxylic acid groups (broad SMARTS) is 1. The van der Waals surface area contributed by atoms with Crippen LogP contribution < -0.4 is 10.6 Å². The maximum absolute atomic E-state index is 13.4. The number of methoxy groups -OCH3 is 1. The van der Waals surface area contributed by atoms with Crippen molar-refractivity contribution in [2.24, 2.45) is 0 Å². The molecule has 3 heterocycles. The number of hydrogen-bond donors (Lipinski definition) is 13. The van der Waals surface area contributed by atoms with Crippen LogP contribution in [-0.2, 0) is 47.5 Å². The van der Waals surface area contributed by atoms with Gasteiger partial charge in [-0.3, -0.25) is 14.4 Å². The molecule has 4 rings (SSSR count). The lowest BCUT2D eigenvalue weighted by atomic mass is 9.88. The highest BCUT2D eigenvalue weighted by molar-refractivity contribution is 5.97. The molecule has 0 aromatic heterocycles. The predicted molar refractivity (Wildman–Crippen MR) is 211 cm³/mol. The molecule has 3 saturated heterocycles. The molecule has 16 atom stereocenters. The van der Waals surface area contributed by atoms with Crippen molar-refractivity contribution < 1.29 is 109 Å². The van der Waals surface area contributed by atoms with E-state index in [1.54, 1.807) is 0 Å². The van der Waals surface area contributed by atoms with Crippen molar-refractivity contribution in [3.63, 3.8) is 0 Å². The number of benzene rings is 1. The highest BCUT2D eigenvalue weighted by Crippen LogP contribution is 2.38. The third kappa shape index (κ3) is 13.2. The van der Waals surface area contributed by atoms with Gasteiger partial charge in [0.1, 0.15) is 72.8 Å². The van der Waals surface area contributed by atoms with Gasteiger partial charge >= 0.3 is 11.9 Å². The summed E-state index contributed by atoms with van der Waals surface area (Å²) in [6, 6.07) is 2.41. The number of para-hydroxylation sites is 1. The van der Waals surface area contributed by atoms with Gasteiger partial charge < -0.3 is 100.0 Å². The summed E-state index contributed by atoms with van der Waals surface area (Å²) in [5.41, 5.74) is -0.195. The molecule has 13 N–H and O–H groups in total. The van der Waals surface area contributed by atoms with Gasteiger partial charge in [-0.2, -0.15) is 0 Å². The molecule has 11 unspecified atom stereocenters. The van der Waals surface area contributed by atoms with Gasteiger partial charge in [0.25, 0.3) is 11.7 Å². The van der Waals surface area contributed by atoms with E-state index in [1.807, 2.05) is 0 Å². The molecule has 0 aliphatic carbocycles. The zero-order valence-corrected chi connectivity index (χ0v) is 35.4. The number of phenols is 1. The fourth-order valence-electron chi connectivity index (χ4n) is 7.73. The van der Waals surface area contributed by atoms with Crippen LogP contribution >= 0.6 is 0 Å². The molecule has 364 valence electrons. The number of nitrogens with one attached hydrogen (secondary N) is 2. The summed E-state index contributed by atoms with van der Waals surface area (Å²) in [6.45, 7) is -1.86. The standard InChI is InChI=1S/C40H62N2O22/c1-19(46)41-27-22(48)15-40(39(56)57,63-34(27)29(51)23(49)16-43)64-35-30(52)24(17-44)60-38(32(35)54)62-33-25(18-45)61-37(59-14-10-6-4-3-5-7-13-26(50)58-2)28(31(33)53)42-36(55)20-11-8-9-12-21(20)47/h8-9,11-12,22-25,27-35,37-38,43-45,47-49,51-54H,3-7,10,13-18H2,1-2H3,(H,41,46)(H,42,55)(H,56,57)/t22?,23?,24?,25?,27-,28?,29?,30+,31?,32?,33-,34?,35?,37-,38?,40+/m1/s1. The van der Waals surface area contributed by atoms with Crippen LogP contribution in [0.25, 0.3) is 0 Å². The van der Waals surface area contributed by atoms with E-state index < -0.39 is 147 Å². The topological polar surface area (TPSA) is 379 Å². The summed E-state index contributed by atoms with van der Waals surface area (Å²) in [5, 5.41) is 123. The van der Waals surface area contributed by atoms with Crippen LogP contribution in [0.1, 0.15) is 68.6 Å². The maximum atomic E-state index is 13.4. The Morgan fingerprint density at radius 1 is 0.828 bits per heavy atom. The molecule has 3 fully saturated rings. The minimum absolute atomic E-state index is 0.0518. The second-order valence-corrected chi connectivity index (χ2v) is 15.8. The van der Waals surface area contributed by atoms with Gasteiger partial charge in [0.15, 0.2) is 12.6 Å². The van der Waals surface area contributed by atoms with Gasteiger partial charge in [-0.25, -0.2) is 4.79 Å². The quantitative estimate of drug-likeness (QED) is 0.0366. The average Bonchev–Trinajstić information content (AvgIpc) is 3.27. The summed E-state index contributed by atoms with van der Waals surface area (Å²) in [5.74, 6) is -7.42. The van der Waals surface area contributed by atoms with Crippen LogP contribution in [0.15, 0.2) is 24.3 Å². The van der Waals surface area contributed by atoms with Crippen molar-refractivity contribution in [2.75, 3.05) is 33.5 Å². The van der Waals surface area contributed by atoms with E-state index in [2.05, 4.69) is 15.4 Å². The SMILES string of the molecule is COC(=O)CCCCCCCCO[C@@H]1OC(CO)[C@@H](OC2OC(CO)[C@H](O)C(O[C@]3(C(=O)O)CC(O)[C@@H](NC(C)=O)C(C(O)C(O)CO)O3)C2O)C(O)C1NC(=O)c1ccccc1O. The number of carbonyl (C=O) groups excluding carboxylic acids is 3. The van der Waals surface area contributed by atoms with E-state index in [-0.39, 0.29) is 18.1 Å². The third-order valence-corrected chi connectivity index (χ3v) is 11.2. The minimum atomic E-state index is -3.09. The first-order chi connectivity index (χ1) is 30.4. The van der Waals surface area contributed by atoms with Gasteiger partial charge in [-0.15, -0.1) is 0 Å². The van der Waals surface area contributed by atoms with Crippen molar-refractivity contribution in [1.29, 1.82) is 0 Å². The first-order valence-electron chi connectivity index (χ1n) is 20.9. The largest absolute Gasteiger partial charge is 0.507 e. The number of aliphatic hydroxyl groups excluding tert-OH is 9. The molecule has 0 radical (unpaired) electrons. The summed E-state index contributed by atoms with van der Waals surface area (Å²) < 4.78 is 39.5.